The van der Waals surface area contributed by atoms with E-state index >= 15 is 0 Å². The van der Waals surface area contributed by atoms with Gasteiger partial charge < -0.3 is 5.32 Å². The van der Waals surface area contributed by atoms with Gasteiger partial charge in [0, 0.05) is 17.0 Å². The molecule has 0 heterocycles. The molecular weight excluding hydrogens is 194 g/mol. The molecule has 78 valence electrons. The van der Waals surface area contributed by atoms with Crippen molar-refractivity contribution in [3.05, 3.63) is 34.3 Å². The number of nitrogens with one attached hydrogen (secondary N) is 1. The van der Waals surface area contributed by atoms with Gasteiger partial charge in [0.05, 0.1) is 0 Å². The second-order valence-electron chi connectivity index (χ2n) is 4.37. The number of halogens is 1. The summed E-state index contributed by atoms with van der Waals surface area (Å²) < 4.78 is 0. The maximum atomic E-state index is 6.00. The van der Waals surface area contributed by atoms with E-state index in [9.17, 15) is 0 Å². The fraction of sp³-hybridized carbons (Fsp3) is 0.500. The minimum absolute atomic E-state index is 0.129. The number of hydrogen-bond acceptors (Lipinski definition) is 1. The number of likely N-dealkylation sites (N-methyl/N-ethyl adjacent to an activating group) is 1. The van der Waals surface area contributed by atoms with Crippen LogP contribution in [0.5, 0.6) is 0 Å². The van der Waals surface area contributed by atoms with Gasteiger partial charge in [0.2, 0.25) is 0 Å². The van der Waals surface area contributed by atoms with Gasteiger partial charge in [-0.3, -0.25) is 0 Å². The van der Waals surface area contributed by atoms with Crippen LogP contribution < -0.4 is 5.32 Å². The van der Waals surface area contributed by atoms with E-state index in [0.29, 0.717) is 0 Å². The van der Waals surface area contributed by atoms with Crippen molar-refractivity contribution in [3.8, 4) is 0 Å². The number of rotatable bonds is 3. The zero-order valence-corrected chi connectivity index (χ0v) is 10.1. The molecule has 1 rings (SSSR count). The second-order valence-corrected chi connectivity index (χ2v) is 4.81. The third-order valence-corrected chi connectivity index (χ3v) is 2.78. The SMILES string of the molecule is CNCC(C)(C)c1cc(Cl)ccc1C. The third-order valence-electron chi connectivity index (χ3n) is 2.55. The van der Waals surface area contributed by atoms with Crippen molar-refractivity contribution in [2.75, 3.05) is 13.6 Å². The molecule has 2 heteroatoms. The lowest BCUT2D eigenvalue weighted by molar-refractivity contribution is 0.491. The van der Waals surface area contributed by atoms with E-state index in [-0.39, 0.29) is 5.41 Å². The molecule has 1 aromatic carbocycles. The molecule has 0 aliphatic carbocycles. The molecular formula is C12H18ClN. The highest BCUT2D eigenvalue weighted by Crippen LogP contribution is 2.28. The fourth-order valence-corrected chi connectivity index (χ4v) is 2.03. The van der Waals surface area contributed by atoms with Crippen LogP contribution in [0.25, 0.3) is 0 Å². The van der Waals surface area contributed by atoms with Crippen LogP contribution in [0, 0.1) is 6.92 Å². The Bertz CT molecular complexity index is 318. The van der Waals surface area contributed by atoms with Gasteiger partial charge in [-0.15, -0.1) is 0 Å². The molecule has 0 spiro atoms. The van der Waals surface area contributed by atoms with E-state index in [1.54, 1.807) is 0 Å². The summed E-state index contributed by atoms with van der Waals surface area (Å²) >= 11 is 6.00. The Morgan fingerprint density at radius 3 is 2.57 bits per heavy atom. The molecule has 0 aliphatic rings. The maximum Gasteiger partial charge on any atom is 0.0409 e. The lowest BCUT2D eigenvalue weighted by Gasteiger charge is -2.27. The molecule has 0 atom stereocenters. The van der Waals surface area contributed by atoms with Gasteiger partial charge in [0.25, 0.3) is 0 Å². The molecule has 0 aliphatic heterocycles. The molecule has 0 amide bonds. The van der Waals surface area contributed by atoms with Crippen LogP contribution in [0.4, 0.5) is 0 Å². The average Bonchev–Trinajstić information content (AvgIpc) is 2.09. The summed E-state index contributed by atoms with van der Waals surface area (Å²) in [4.78, 5) is 0. The van der Waals surface area contributed by atoms with Crippen molar-refractivity contribution in [1.29, 1.82) is 0 Å². The Morgan fingerprint density at radius 2 is 2.00 bits per heavy atom. The fourth-order valence-electron chi connectivity index (χ4n) is 1.86. The third kappa shape index (κ3) is 2.49. The summed E-state index contributed by atoms with van der Waals surface area (Å²) in [5.74, 6) is 0. The number of aryl methyl sites for hydroxylation is 1. The van der Waals surface area contributed by atoms with Gasteiger partial charge in [-0.25, -0.2) is 0 Å². The lowest BCUT2D eigenvalue weighted by atomic mass is 9.82. The molecule has 0 radical (unpaired) electrons. The molecule has 0 bridgehead atoms. The summed E-state index contributed by atoms with van der Waals surface area (Å²) in [7, 11) is 1.97. The largest absolute Gasteiger partial charge is 0.319 e. The van der Waals surface area contributed by atoms with Crippen molar-refractivity contribution in [2.45, 2.75) is 26.2 Å². The van der Waals surface area contributed by atoms with Crippen molar-refractivity contribution >= 4 is 11.6 Å². The number of hydrogen-bond donors (Lipinski definition) is 1. The van der Waals surface area contributed by atoms with Crippen LogP contribution in [-0.4, -0.2) is 13.6 Å². The van der Waals surface area contributed by atoms with Crippen LogP contribution >= 0.6 is 11.6 Å². The molecule has 14 heavy (non-hydrogen) atoms. The van der Waals surface area contributed by atoms with Crippen LogP contribution in [0.2, 0.25) is 5.02 Å². The first-order valence-corrected chi connectivity index (χ1v) is 5.26. The van der Waals surface area contributed by atoms with Crippen LogP contribution in [-0.2, 0) is 5.41 Å². The Morgan fingerprint density at radius 1 is 1.36 bits per heavy atom. The minimum Gasteiger partial charge on any atom is -0.319 e. The predicted molar refractivity (Wildman–Crippen MR) is 63.1 cm³/mol. The van der Waals surface area contributed by atoms with E-state index in [4.69, 9.17) is 11.6 Å². The minimum atomic E-state index is 0.129. The summed E-state index contributed by atoms with van der Waals surface area (Å²) in [6.07, 6.45) is 0. The van der Waals surface area contributed by atoms with E-state index < -0.39 is 0 Å². The molecule has 1 nitrogen and oxygen atoms in total. The number of benzene rings is 1. The predicted octanol–water partition coefficient (Wildman–Crippen LogP) is 3.15. The van der Waals surface area contributed by atoms with Crippen LogP contribution in [0.3, 0.4) is 0 Å². The highest BCUT2D eigenvalue weighted by molar-refractivity contribution is 6.30. The smallest absolute Gasteiger partial charge is 0.0409 e. The van der Waals surface area contributed by atoms with Gasteiger partial charge in [-0.05, 0) is 37.2 Å². The summed E-state index contributed by atoms with van der Waals surface area (Å²) in [6.45, 7) is 7.53. The Balaban J connectivity index is 3.10. The first kappa shape index (κ1) is 11.5. The van der Waals surface area contributed by atoms with E-state index in [2.05, 4.69) is 38.2 Å². The molecule has 0 saturated carbocycles. The molecule has 0 aromatic heterocycles. The summed E-state index contributed by atoms with van der Waals surface area (Å²) in [5, 5.41) is 4.02. The Labute approximate surface area is 91.5 Å². The van der Waals surface area contributed by atoms with Gasteiger partial charge in [0.1, 0.15) is 0 Å². The quantitative estimate of drug-likeness (QED) is 0.810. The highest BCUT2D eigenvalue weighted by Gasteiger charge is 2.21. The van der Waals surface area contributed by atoms with E-state index in [0.717, 1.165) is 11.6 Å². The molecule has 0 unspecified atom stereocenters. The first-order chi connectivity index (χ1) is 6.47. The average molecular weight is 212 g/mol. The first-order valence-electron chi connectivity index (χ1n) is 4.88. The monoisotopic (exact) mass is 211 g/mol. The van der Waals surface area contributed by atoms with Crippen LogP contribution in [0.1, 0.15) is 25.0 Å². The van der Waals surface area contributed by atoms with Gasteiger partial charge in [-0.2, -0.15) is 0 Å². The maximum absolute atomic E-state index is 6.00. The zero-order chi connectivity index (χ0) is 10.8. The summed E-state index contributed by atoms with van der Waals surface area (Å²) in [6, 6.07) is 6.08. The van der Waals surface area contributed by atoms with Crippen molar-refractivity contribution in [1.82, 2.24) is 5.32 Å². The standard InChI is InChI=1S/C12H18ClN/c1-9-5-6-10(13)7-11(9)12(2,3)8-14-4/h5-7,14H,8H2,1-4H3. The summed E-state index contributed by atoms with van der Waals surface area (Å²) in [5.41, 5.74) is 2.75. The van der Waals surface area contributed by atoms with E-state index in [1.165, 1.54) is 11.1 Å². The Kier molecular flexibility index (Phi) is 3.57. The van der Waals surface area contributed by atoms with E-state index in [1.807, 2.05) is 13.1 Å². The molecule has 0 fully saturated rings. The second kappa shape index (κ2) is 4.33. The van der Waals surface area contributed by atoms with Gasteiger partial charge >= 0.3 is 0 Å². The van der Waals surface area contributed by atoms with Crippen LogP contribution in [0.15, 0.2) is 18.2 Å². The molecule has 1 N–H and O–H groups in total. The van der Waals surface area contributed by atoms with Gasteiger partial charge in [-0.1, -0.05) is 31.5 Å². The van der Waals surface area contributed by atoms with Crippen molar-refractivity contribution < 1.29 is 0 Å². The molecule has 0 saturated heterocycles. The zero-order valence-electron chi connectivity index (χ0n) is 9.32. The Hall–Kier alpha value is -0.530. The molecule has 1 aromatic rings. The normalized spacial score (nSPS) is 11.8. The highest BCUT2D eigenvalue weighted by atomic mass is 35.5. The van der Waals surface area contributed by atoms with Crippen molar-refractivity contribution in [2.24, 2.45) is 0 Å². The lowest BCUT2D eigenvalue weighted by Crippen LogP contribution is -2.31. The van der Waals surface area contributed by atoms with Gasteiger partial charge in [0.15, 0.2) is 0 Å². The van der Waals surface area contributed by atoms with Crippen molar-refractivity contribution in [3.63, 3.8) is 0 Å². The topological polar surface area (TPSA) is 12.0 Å².